The van der Waals surface area contributed by atoms with Gasteiger partial charge in [0.2, 0.25) is 0 Å². The summed E-state index contributed by atoms with van der Waals surface area (Å²) in [6, 6.07) is 8.09. The van der Waals surface area contributed by atoms with Crippen LogP contribution in [-0.2, 0) is 16.3 Å². The van der Waals surface area contributed by atoms with Crippen molar-refractivity contribution in [3.63, 3.8) is 0 Å². The number of halogens is 5. The topological polar surface area (TPSA) is 72.2 Å². The number of fused-ring (bicyclic) bond motifs is 2. The predicted molar refractivity (Wildman–Crippen MR) is 92.5 cm³/mol. The summed E-state index contributed by atoms with van der Waals surface area (Å²) in [6.07, 6.45) is -1.85. The van der Waals surface area contributed by atoms with Gasteiger partial charge in [-0.1, -0.05) is 18.2 Å². The Morgan fingerprint density at radius 2 is 1.86 bits per heavy atom. The molecule has 0 unspecified atom stereocenters. The van der Waals surface area contributed by atoms with Gasteiger partial charge in [0.25, 0.3) is 15.8 Å². The lowest BCUT2D eigenvalue weighted by Crippen LogP contribution is -2.34. The molecule has 5 nitrogen and oxygen atoms in total. The first-order valence-electron chi connectivity index (χ1n) is 8.40. The Hall–Kier alpha value is -2.53. The summed E-state index contributed by atoms with van der Waals surface area (Å²) < 4.78 is 93.0. The number of sulfone groups is 1. The van der Waals surface area contributed by atoms with Crippen molar-refractivity contribution in [2.45, 2.75) is 35.3 Å². The fourth-order valence-corrected chi connectivity index (χ4v) is 4.57. The Kier molecular flexibility index (Phi) is 4.25. The first-order valence-corrected chi connectivity index (χ1v) is 9.89. The molecule has 0 aliphatic heterocycles. The van der Waals surface area contributed by atoms with E-state index in [1.165, 1.54) is 12.3 Å². The van der Waals surface area contributed by atoms with Crippen LogP contribution < -0.4 is 0 Å². The Balaban J connectivity index is 2.07. The molecule has 0 radical (unpaired) electrons. The molecule has 1 aliphatic rings. The standard InChI is InChI=1S/C18H13F5N2O3S/c19-17(20)7-6-11-14(16(17)26)13(29(27,28)18(21,22)23)9-25(11)12-5-1-3-10-4-2-8-24-15(10)12/h1-5,8-9,16,26H,6-7H2/t16-/m0/s1. The Bertz CT molecular complexity index is 1210. The van der Waals surface area contributed by atoms with E-state index in [-0.39, 0.29) is 11.4 Å². The molecule has 1 atom stereocenters. The first-order chi connectivity index (χ1) is 13.4. The van der Waals surface area contributed by atoms with Crippen LogP contribution in [0.5, 0.6) is 0 Å². The molecule has 0 spiro atoms. The van der Waals surface area contributed by atoms with Gasteiger partial charge in [0.1, 0.15) is 11.0 Å². The van der Waals surface area contributed by atoms with Crippen molar-refractivity contribution < 1.29 is 35.5 Å². The second-order valence-corrected chi connectivity index (χ2v) is 8.60. The summed E-state index contributed by atoms with van der Waals surface area (Å²) in [5.74, 6) is -3.76. The Morgan fingerprint density at radius 1 is 1.17 bits per heavy atom. The van der Waals surface area contributed by atoms with E-state index >= 15 is 0 Å². The third kappa shape index (κ3) is 2.91. The smallest absolute Gasteiger partial charge is 0.382 e. The van der Waals surface area contributed by atoms with Crippen molar-refractivity contribution in [2.24, 2.45) is 0 Å². The minimum atomic E-state index is -5.98. The zero-order chi connectivity index (χ0) is 21.2. The van der Waals surface area contributed by atoms with Crippen LogP contribution in [-0.4, -0.2) is 34.5 Å². The molecule has 0 saturated heterocycles. The van der Waals surface area contributed by atoms with Gasteiger partial charge in [-0.05, 0) is 18.6 Å². The van der Waals surface area contributed by atoms with Crippen LogP contribution in [0.1, 0.15) is 23.8 Å². The van der Waals surface area contributed by atoms with E-state index in [0.717, 1.165) is 4.57 Å². The summed E-state index contributed by atoms with van der Waals surface area (Å²) in [7, 11) is -5.98. The number of pyridine rings is 1. The lowest BCUT2D eigenvalue weighted by atomic mass is 9.91. The average molecular weight is 432 g/mol. The van der Waals surface area contributed by atoms with Gasteiger partial charge >= 0.3 is 5.51 Å². The molecular weight excluding hydrogens is 419 g/mol. The molecule has 2 heterocycles. The molecule has 154 valence electrons. The van der Waals surface area contributed by atoms with Crippen LogP contribution in [0.3, 0.4) is 0 Å². The van der Waals surface area contributed by atoms with E-state index in [4.69, 9.17) is 0 Å². The maximum absolute atomic E-state index is 14.1. The van der Waals surface area contributed by atoms with Crippen LogP contribution in [0.25, 0.3) is 16.6 Å². The van der Waals surface area contributed by atoms with Crippen molar-refractivity contribution in [3.05, 3.63) is 54.0 Å². The predicted octanol–water partition coefficient (Wildman–Crippen LogP) is 3.93. The van der Waals surface area contributed by atoms with E-state index < -0.39 is 50.7 Å². The largest absolute Gasteiger partial charge is 0.501 e. The molecule has 29 heavy (non-hydrogen) atoms. The molecule has 0 fully saturated rings. The second kappa shape index (κ2) is 6.23. The summed E-state index contributed by atoms with van der Waals surface area (Å²) in [6.45, 7) is 0. The molecule has 0 amide bonds. The SMILES string of the molecule is O=S(=O)(c1cn(-c2cccc3cccnc23)c2c1[C@H](O)C(F)(F)CC2)C(F)(F)F. The van der Waals surface area contributed by atoms with Gasteiger partial charge in [-0.2, -0.15) is 13.2 Å². The molecule has 0 saturated carbocycles. The number of hydrogen-bond donors (Lipinski definition) is 1. The molecular formula is C18H13F5N2O3S. The Morgan fingerprint density at radius 3 is 2.55 bits per heavy atom. The van der Waals surface area contributed by atoms with Crippen molar-refractivity contribution in [1.29, 1.82) is 0 Å². The van der Waals surface area contributed by atoms with Gasteiger partial charge in [0.15, 0.2) is 0 Å². The van der Waals surface area contributed by atoms with Gasteiger partial charge in [-0.3, -0.25) is 4.98 Å². The fourth-order valence-electron chi connectivity index (χ4n) is 3.55. The number of nitrogens with zero attached hydrogens (tertiary/aromatic N) is 2. The van der Waals surface area contributed by atoms with Crippen molar-refractivity contribution in [3.8, 4) is 5.69 Å². The number of para-hydroxylation sites is 1. The van der Waals surface area contributed by atoms with Crippen molar-refractivity contribution >= 4 is 20.7 Å². The minimum absolute atomic E-state index is 0.121. The quantitative estimate of drug-likeness (QED) is 0.623. The molecule has 1 aliphatic carbocycles. The van der Waals surface area contributed by atoms with Gasteiger partial charge in [-0.25, -0.2) is 17.2 Å². The normalized spacial score (nSPS) is 19.3. The highest BCUT2D eigenvalue weighted by atomic mass is 32.2. The van der Waals surface area contributed by atoms with Crippen molar-refractivity contribution in [1.82, 2.24) is 9.55 Å². The number of benzene rings is 1. The van der Waals surface area contributed by atoms with Crippen LogP contribution in [0.4, 0.5) is 22.0 Å². The monoisotopic (exact) mass is 432 g/mol. The minimum Gasteiger partial charge on any atom is -0.382 e. The van der Waals surface area contributed by atoms with Crippen LogP contribution in [0.15, 0.2) is 47.6 Å². The fraction of sp³-hybridized carbons (Fsp3) is 0.278. The van der Waals surface area contributed by atoms with Crippen molar-refractivity contribution in [2.75, 3.05) is 0 Å². The highest BCUT2D eigenvalue weighted by molar-refractivity contribution is 7.92. The Labute approximate surface area is 161 Å². The molecule has 4 rings (SSSR count). The van der Waals surface area contributed by atoms with Crippen LogP contribution in [0.2, 0.25) is 0 Å². The summed E-state index contributed by atoms with van der Waals surface area (Å²) in [5.41, 5.74) is -6.19. The summed E-state index contributed by atoms with van der Waals surface area (Å²) >= 11 is 0. The van der Waals surface area contributed by atoms with Gasteiger partial charge in [0.05, 0.1) is 11.2 Å². The van der Waals surface area contributed by atoms with Crippen LogP contribution in [0, 0.1) is 0 Å². The van der Waals surface area contributed by atoms with Gasteiger partial charge < -0.3 is 9.67 Å². The zero-order valence-corrected chi connectivity index (χ0v) is 15.3. The van der Waals surface area contributed by atoms with Crippen LogP contribution >= 0.6 is 0 Å². The number of aliphatic hydroxyl groups excluding tert-OH is 1. The number of aliphatic hydroxyl groups is 1. The first kappa shape index (κ1) is 19.8. The second-order valence-electron chi connectivity index (χ2n) is 6.69. The maximum Gasteiger partial charge on any atom is 0.501 e. The third-order valence-electron chi connectivity index (χ3n) is 4.95. The number of hydrogen-bond acceptors (Lipinski definition) is 4. The molecule has 1 aromatic carbocycles. The van der Waals surface area contributed by atoms with E-state index in [0.29, 0.717) is 17.1 Å². The summed E-state index contributed by atoms with van der Waals surface area (Å²) in [5, 5.41) is 10.7. The average Bonchev–Trinajstić information content (AvgIpc) is 3.04. The lowest BCUT2D eigenvalue weighted by Gasteiger charge is -2.29. The zero-order valence-electron chi connectivity index (χ0n) is 14.5. The number of rotatable bonds is 2. The maximum atomic E-state index is 14.1. The highest BCUT2D eigenvalue weighted by Gasteiger charge is 2.54. The molecule has 2 aromatic heterocycles. The lowest BCUT2D eigenvalue weighted by molar-refractivity contribution is -0.123. The van der Waals surface area contributed by atoms with Gasteiger partial charge in [-0.15, -0.1) is 0 Å². The van der Waals surface area contributed by atoms with E-state index in [1.807, 2.05) is 0 Å². The van der Waals surface area contributed by atoms with E-state index in [1.54, 1.807) is 24.3 Å². The third-order valence-corrected chi connectivity index (χ3v) is 6.46. The number of aromatic nitrogens is 2. The number of alkyl halides is 5. The molecule has 1 N–H and O–H groups in total. The van der Waals surface area contributed by atoms with E-state index in [9.17, 15) is 35.5 Å². The summed E-state index contributed by atoms with van der Waals surface area (Å²) in [4.78, 5) is 2.80. The van der Waals surface area contributed by atoms with Gasteiger partial charge in [0, 0.05) is 35.5 Å². The molecule has 3 aromatic rings. The van der Waals surface area contributed by atoms with E-state index in [2.05, 4.69) is 4.98 Å². The molecule has 0 bridgehead atoms. The molecule has 11 heteroatoms. The highest BCUT2D eigenvalue weighted by Crippen LogP contribution is 2.47.